The lowest BCUT2D eigenvalue weighted by atomic mass is 10.1. The molecule has 0 saturated carbocycles. The van der Waals surface area contributed by atoms with Crippen molar-refractivity contribution in [3.05, 3.63) is 63.7 Å². The highest BCUT2D eigenvalue weighted by atomic mass is 16.6. The number of amides is 1. The van der Waals surface area contributed by atoms with Crippen molar-refractivity contribution in [1.82, 2.24) is 0 Å². The summed E-state index contributed by atoms with van der Waals surface area (Å²) < 4.78 is 16.3. The van der Waals surface area contributed by atoms with Crippen LogP contribution in [0, 0.1) is 10.1 Å². The predicted molar refractivity (Wildman–Crippen MR) is 107 cm³/mol. The lowest BCUT2D eigenvalue weighted by Crippen LogP contribution is -2.21. The zero-order valence-corrected chi connectivity index (χ0v) is 16.1. The highest BCUT2D eigenvalue weighted by Gasteiger charge is 2.33. The highest BCUT2D eigenvalue weighted by Crippen LogP contribution is 2.34. The van der Waals surface area contributed by atoms with Gasteiger partial charge in [-0.2, -0.15) is 5.01 Å². The largest absolute Gasteiger partial charge is 0.493 e. The lowest BCUT2D eigenvalue weighted by molar-refractivity contribution is -0.384. The van der Waals surface area contributed by atoms with Crippen LogP contribution in [-0.4, -0.2) is 37.6 Å². The van der Waals surface area contributed by atoms with Crippen LogP contribution in [0.5, 0.6) is 11.5 Å². The molecular formula is C20H19N3O6. The van der Waals surface area contributed by atoms with Crippen molar-refractivity contribution in [2.45, 2.75) is 6.92 Å². The summed E-state index contributed by atoms with van der Waals surface area (Å²) >= 11 is 0. The smallest absolute Gasteiger partial charge is 0.284 e. The number of benzene rings is 2. The van der Waals surface area contributed by atoms with Crippen LogP contribution in [0.15, 0.2) is 53.1 Å². The Morgan fingerprint density at radius 3 is 2.45 bits per heavy atom. The molecule has 9 heteroatoms. The fourth-order valence-corrected chi connectivity index (χ4v) is 2.83. The summed E-state index contributed by atoms with van der Waals surface area (Å²) in [6.07, 6.45) is 1.61. The Hall–Kier alpha value is -3.88. The Bertz CT molecular complexity index is 998. The standard InChI is InChI=1S/C20H19N3O6/c1-4-29-19-16(12-13-6-5-7-17(27-2)18(13)28-3)20(24)22(21-19)14-8-10-15(11-9-14)23(25)26/h5-12H,4H2,1-3H3/b16-12-. The van der Waals surface area contributed by atoms with Gasteiger partial charge >= 0.3 is 0 Å². The van der Waals surface area contributed by atoms with E-state index < -0.39 is 10.8 Å². The van der Waals surface area contributed by atoms with Gasteiger partial charge in [0.2, 0.25) is 5.90 Å². The van der Waals surface area contributed by atoms with E-state index in [0.29, 0.717) is 29.4 Å². The van der Waals surface area contributed by atoms with E-state index >= 15 is 0 Å². The zero-order chi connectivity index (χ0) is 21.0. The number of hydrogen-bond acceptors (Lipinski definition) is 7. The van der Waals surface area contributed by atoms with E-state index in [1.54, 1.807) is 31.2 Å². The van der Waals surface area contributed by atoms with Crippen molar-refractivity contribution < 1.29 is 23.9 Å². The number of anilines is 1. The Labute approximate surface area is 166 Å². The first-order chi connectivity index (χ1) is 14.0. The number of carbonyl (C=O) groups is 1. The predicted octanol–water partition coefficient (Wildman–Crippen LogP) is 3.39. The molecule has 29 heavy (non-hydrogen) atoms. The normalized spacial score (nSPS) is 14.7. The average molecular weight is 397 g/mol. The van der Waals surface area contributed by atoms with Crippen molar-refractivity contribution in [1.29, 1.82) is 0 Å². The summed E-state index contributed by atoms with van der Waals surface area (Å²) in [5, 5.41) is 16.2. The van der Waals surface area contributed by atoms with Crippen molar-refractivity contribution >= 4 is 29.3 Å². The molecule has 0 radical (unpaired) electrons. The van der Waals surface area contributed by atoms with Crippen LogP contribution in [0.2, 0.25) is 0 Å². The molecule has 0 atom stereocenters. The fraction of sp³-hybridized carbons (Fsp3) is 0.200. The topological polar surface area (TPSA) is 104 Å². The molecule has 0 bridgehead atoms. The van der Waals surface area contributed by atoms with Crippen LogP contribution < -0.4 is 14.5 Å². The number of carbonyl (C=O) groups excluding carboxylic acids is 1. The summed E-state index contributed by atoms with van der Waals surface area (Å²) in [6.45, 7) is 2.10. The SMILES string of the molecule is CCOC1=NN(c2ccc([N+](=O)[O-])cc2)C(=O)/C1=C\c1cccc(OC)c1OC. The van der Waals surface area contributed by atoms with E-state index in [4.69, 9.17) is 14.2 Å². The van der Waals surface area contributed by atoms with Gasteiger partial charge in [-0.3, -0.25) is 14.9 Å². The van der Waals surface area contributed by atoms with E-state index in [1.165, 1.54) is 38.5 Å². The van der Waals surface area contributed by atoms with Crippen LogP contribution >= 0.6 is 0 Å². The average Bonchev–Trinajstić information content (AvgIpc) is 3.03. The second kappa shape index (κ2) is 8.42. The van der Waals surface area contributed by atoms with Gasteiger partial charge < -0.3 is 14.2 Å². The molecule has 0 N–H and O–H groups in total. The van der Waals surface area contributed by atoms with Gasteiger partial charge in [0.15, 0.2) is 11.5 Å². The number of ether oxygens (including phenoxy) is 3. The summed E-state index contributed by atoms with van der Waals surface area (Å²) in [6, 6.07) is 10.8. The minimum absolute atomic E-state index is 0.0775. The molecular weight excluding hydrogens is 378 g/mol. The van der Waals surface area contributed by atoms with Gasteiger partial charge in [0.1, 0.15) is 5.57 Å². The summed E-state index contributed by atoms with van der Waals surface area (Å²) in [5.74, 6) is 0.724. The number of methoxy groups -OCH3 is 2. The Morgan fingerprint density at radius 2 is 1.86 bits per heavy atom. The summed E-state index contributed by atoms with van der Waals surface area (Å²) in [7, 11) is 3.04. The number of rotatable bonds is 6. The molecule has 0 unspecified atom stereocenters. The van der Waals surface area contributed by atoms with Gasteiger partial charge in [-0.05, 0) is 31.2 Å². The maximum absolute atomic E-state index is 13.0. The molecule has 0 fully saturated rings. The molecule has 0 aromatic heterocycles. The molecule has 0 spiro atoms. The molecule has 1 aliphatic heterocycles. The lowest BCUT2D eigenvalue weighted by Gasteiger charge is -2.12. The molecule has 1 heterocycles. The van der Waals surface area contributed by atoms with Gasteiger partial charge in [0.25, 0.3) is 11.6 Å². The van der Waals surface area contributed by atoms with E-state index in [9.17, 15) is 14.9 Å². The summed E-state index contributed by atoms with van der Waals surface area (Å²) in [4.78, 5) is 23.4. The number of nitro groups is 1. The van der Waals surface area contributed by atoms with E-state index in [-0.39, 0.29) is 17.2 Å². The van der Waals surface area contributed by atoms with Crippen LogP contribution in [0.1, 0.15) is 12.5 Å². The van der Waals surface area contributed by atoms with Crippen molar-refractivity contribution in [2.24, 2.45) is 5.10 Å². The summed E-state index contributed by atoms with van der Waals surface area (Å²) in [5.41, 5.74) is 1.16. The molecule has 0 saturated heterocycles. The molecule has 1 aliphatic rings. The number of nitro benzene ring substituents is 1. The second-order valence-electron chi connectivity index (χ2n) is 5.87. The first kappa shape index (κ1) is 19.9. The van der Waals surface area contributed by atoms with Crippen LogP contribution in [0.25, 0.3) is 6.08 Å². The Morgan fingerprint density at radius 1 is 1.14 bits per heavy atom. The van der Waals surface area contributed by atoms with Gasteiger partial charge in [0, 0.05) is 17.7 Å². The third-order valence-electron chi connectivity index (χ3n) is 4.16. The Kier molecular flexibility index (Phi) is 5.77. The highest BCUT2D eigenvalue weighted by molar-refractivity contribution is 6.30. The van der Waals surface area contributed by atoms with Gasteiger partial charge in [-0.15, -0.1) is 5.10 Å². The fourth-order valence-electron chi connectivity index (χ4n) is 2.83. The minimum atomic E-state index is -0.509. The zero-order valence-electron chi connectivity index (χ0n) is 16.1. The monoisotopic (exact) mass is 397 g/mol. The maximum Gasteiger partial charge on any atom is 0.284 e. The maximum atomic E-state index is 13.0. The van der Waals surface area contributed by atoms with Crippen molar-refractivity contribution in [3.8, 4) is 11.5 Å². The van der Waals surface area contributed by atoms with Crippen molar-refractivity contribution in [2.75, 3.05) is 25.8 Å². The van der Waals surface area contributed by atoms with Crippen LogP contribution in [-0.2, 0) is 9.53 Å². The van der Waals surface area contributed by atoms with E-state index in [0.717, 1.165) is 5.01 Å². The third-order valence-corrected chi connectivity index (χ3v) is 4.16. The minimum Gasteiger partial charge on any atom is -0.493 e. The van der Waals surface area contributed by atoms with Crippen LogP contribution in [0.3, 0.4) is 0 Å². The number of non-ortho nitro benzene ring substituents is 1. The second-order valence-corrected chi connectivity index (χ2v) is 5.87. The quantitative estimate of drug-likeness (QED) is 0.420. The molecule has 1 amide bonds. The molecule has 9 nitrogen and oxygen atoms in total. The number of hydrogen-bond donors (Lipinski definition) is 0. The molecule has 150 valence electrons. The number of hydrazone groups is 1. The van der Waals surface area contributed by atoms with Gasteiger partial charge in [0.05, 0.1) is 31.4 Å². The first-order valence-corrected chi connectivity index (χ1v) is 8.73. The third kappa shape index (κ3) is 3.88. The number of para-hydroxylation sites is 1. The van der Waals surface area contributed by atoms with E-state index in [1.807, 2.05) is 0 Å². The molecule has 2 aromatic rings. The molecule has 2 aromatic carbocycles. The Balaban J connectivity index is 2.02. The van der Waals surface area contributed by atoms with Crippen molar-refractivity contribution in [3.63, 3.8) is 0 Å². The molecule has 3 rings (SSSR count). The van der Waals surface area contributed by atoms with Crippen LogP contribution in [0.4, 0.5) is 11.4 Å². The van der Waals surface area contributed by atoms with E-state index in [2.05, 4.69) is 5.10 Å². The van der Waals surface area contributed by atoms with Gasteiger partial charge in [-0.1, -0.05) is 12.1 Å². The number of nitrogens with zero attached hydrogens (tertiary/aromatic N) is 3. The van der Waals surface area contributed by atoms with Gasteiger partial charge in [-0.25, -0.2) is 0 Å². The first-order valence-electron chi connectivity index (χ1n) is 8.73. The molecule has 0 aliphatic carbocycles.